The van der Waals surface area contributed by atoms with Gasteiger partial charge in [-0.15, -0.1) is 0 Å². The minimum atomic E-state index is -1.97. The molecule has 2 fully saturated rings. The van der Waals surface area contributed by atoms with Gasteiger partial charge in [0.2, 0.25) is 0 Å². The summed E-state index contributed by atoms with van der Waals surface area (Å²) in [5.74, 6) is -6.69. The van der Waals surface area contributed by atoms with Gasteiger partial charge in [-0.1, -0.05) is 45.9 Å². The molecule has 6 heterocycles. The summed E-state index contributed by atoms with van der Waals surface area (Å²) < 4.78 is 29.9. The van der Waals surface area contributed by atoms with Gasteiger partial charge in [0.15, 0.2) is 5.75 Å². The number of nitrogens with zero attached hydrogens (tertiary/aromatic N) is 3. The summed E-state index contributed by atoms with van der Waals surface area (Å²) in [6.45, 7) is 14.0. The van der Waals surface area contributed by atoms with Crippen molar-refractivity contribution in [3.63, 3.8) is 0 Å². The van der Waals surface area contributed by atoms with Crippen molar-refractivity contribution in [3.8, 4) is 17.2 Å². The molecule has 17 nitrogen and oxygen atoms in total. The van der Waals surface area contributed by atoms with Crippen molar-refractivity contribution in [2.24, 2.45) is 33.7 Å². The number of aliphatic hydroxyl groups is 2. The Balaban J connectivity index is 1.35. The lowest BCUT2D eigenvalue weighted by molar-refractivity contribution is -0.114. The van der Waals surface area contributed by atoms with Crippen molar-refractivity contribution < 1.29 is 58.5 Å². The molecule has 2 aromatic rings. The maximum absolute atomic E-state index is 14.8. The van der Waals surface area contributed by atoms with E-state index in [9.17, 15) is 34.8 Å². The van der Waals surface area contributed by atoms with Gasteiger partial charge >= 0.3 is 11.9 Å². The smallest absolute Gasteiger partial charge is 0.407 e. The van der Waals surface area contributed by atoms with Crippen LogP contribution in [0.2, 0.25) is 0 Å². The van der Waals surface area contributed by atoms with Crippen molar-refractivity contribution >= 4 is 34.2 Å². The Morgan fingerprint density at radius 1 is 0.953 bits per heavy atom. The molecule has 2 saturated heterocycles. The second-order valence-electron chi connectivity index (χ2n) is 18.4. The number of phenolic OH excluding ortho intramolecular Hbond substituents is 2. The molecule has 2 amide bonds. The summed E-state index contributed by atoms with van der Waals surface area (Å²) in [5.41, 5.74) is -0.145. The third-order valence-electron chi connectivity index (χ3n) is 13.9. The number of ketones is 1. The van der Waals surface area contributed by atoms with E-state index in [4.69, 9.17) is 28.7 Å². The molecule has 0 radical (unpaired) electrons. The molecule has 6 aliphatic rings. The number of anilines is 1. The van der Waals surface area contributed by atoms with E-state index in [2.05, 4.69) is 20.5 Å². The predicted molar refractivity (Wildman–Crippen MR) is 236 cm³/mol. The normalized spacial score (nSPS) is 33.3. The molecule has 348 valence electrons. The van der Waals surface area contributed by atoms with Crippen LogP contribution in [0, 0.1) is 30.6 Å². The number of Topliss-reactive ketones (excluding diaryl/α,β-unsaturated/α-hetero) is 1. The van der Waals surface area contributed by atoms with Crippen LogP contribution in [0.25, 0.3) is 10.8 Å². The highest BCUT2D eigenvalue weighted by molar-refractivity contribution is 6.21. The molecule has 0 unspecified atom stereocenters. The zero-order valence-electron chi connectivity index (χ0n) is 38.1. The predicted octanol–water partition coefficient (Wildman–Crippen LogP) is 4.07. The Labute approximate surface area is 372 Å². The van der Waals surface area contributed by atoms with Gasteiger partial charge in [0, 0.05) is 99.4 Å². The van der Waals surface area contributed by atoms with E-state index < -0.39 is 83.1 Å². The Morgan fingerprint density at radius 2 is 1.64 bits per heavy atom. The zero-order chi connectivity index (χ0) is 46.4. The number of methoxy groups -OCH3 is 1. The first kappa shape index (κ1) is 46.9. The highest BCUT2D eigenvalue weighted by atomic mass is 16.7. The van der Waals surface area contributed by atoms with Crippen molar-refractivity contribution in [3.05, 3.63) is 58.0 Å². The average Bonchev–Trinajstić information content (AvgIpc) is 3.78. The van der Waals surface area contributed by atoms with Crippen LogP contribution < -0.4 is 26.1 Å². The van der Waals surface area contributed by atoms with Crippen molar-refractivity contribution in [1.82, 2.24) is 10.2 Å². The third kappa shape index (κ3) is 8.72. The van der Waals surface area contributed by atoms with Gasteiger partial charge in [-0.05, 0) is 39.8 Å². The van der Waals surface area contributed by atoms with Gasteiger partial charge in [0.05, 0.1) is 41.2 Å². The fourth-order valence-electron chi connectivity index (χ4n) is 9.58. The molecule has 0 aromatic heterocycles. The number of hydrogen-bond acceptors (Lipinski definition) is 15. The number of benzene rings is 2. The first-order chi connectivity index (χ1) is 30.3. The van der Waals surface area contributed by atoms with Gasteiger partial charge in [-0.3, -0.25) is 14.6 Å². The number of aromatic hydroxyl groups is 2. The van der Waals surface area contributed by atoms with E-state index in [1.165, 1.54) is 26.4 Å². The van der Waals surface area contributed by atoms with Gasteiger partial charge < -0.3 is 59.6 Å². The van der Waals surface area contributed by atoms with Crippen LogP contribution in [0.1, 0.15) is 83.1 Å². The average molecular weight is 890 g/mol. The minimum Gasteiger partial charge on any atom is -0.507 e. The molecule has 0 aliphatic carbocycles. The van der Waals surface area contributed by atoms with Gasteiger partial charge in [0.1, 0.15) is 34.0 Å². The Hall–Kier alpha value is -5.07. The molecule has 5 bridgehead atoms. The molecular weight excluding hydrogens is 827 g/mol. The number of nitrogens with one attached hydrogen (secondary N) is 2. The van der Waals surface area contributed by atoms with Crippen LogP contribution in [-0.2, 0) is 23.7 Å². The Morgan fingerprint density at radius 3 is 2.31 bits per heavy atom. The molecule has 64 heavy (non-hydrogen) atoms. The van der Waals surface area contributed by atoms with Crippen LogP contribution in [-0.4, -0.2) is 125 Å². The van der Waals surface area contributed by atoms with Crippen LogP contribution in [0.4, 0.5) is 10.5 Å². The molecular formula is C47H63N5O12. The number of piperidine rings is 1. The third-order valence-corrected chi connectivity index (χ3v) is 13.9. The van der Waals surface area contributed by atoms with Crippen LogP contribution in [0.3, 0.4) is 0 Å². The van der Waals surface area contributed by atoms with Crippen LogP contribution in [0.5, 0.6) is 17.2 Å². The molecule has 0 saturated carbocycles. The highest BCUT2D eigenvalue weighted by Crippen LogP contribution is 2.51. The number of carbonyl (C=O) groups excluding carboxylic acids is 3. The maximum atomic E-state index is 14.8. The second-order valence-corrected chi connectivity index (χ2v) is 18.4. The van der Waals surface area contributed by atoms with Crippen molar-refractivity contribution in [2.75, 3.05) is 45.8 Å². The lowest BCUT2D eigenvalue weighted by Crippen LogP contribution is -2.49. The molecule has 17 heteroatoms. The fourth-order valence-corrected chi connectivity index (χ4v) is 9.58. The number of carbonyl (C=O) groups is 3. The van der Waals surface area contributed by atoms with Crippen LogP contribution in [0.15, 0.2) is 46.1 Å². The number of allylic oxidation sites excluding steroid dienone is 2. The van der Waals surface area contributed by atoms with E-state index in [1.54, 1.807) is 59.8 Å². The summed E-state index contributed by atoms with van der Waals surface area (Å²) in [6.07, 6.45) is 5.42. The van der Waals surface area contributed by atoms with Crippen molar-refractivity contribution in [1.29, 1.82) is 0 Å². The van der Waals surface area contributed by atoms with E-state index >= 15 is 0 Å². The summed E-state index contributed by atoms with van der Waals surface area (Å²) in [6, 6.07) is -0.155. The molecule has 9 atom stereocenters. The maximum Gasteiger partial charge on any atom is 0.407 e. The van der Waals surface area contributed by atoms with Gasteiger partial charge in [-0.25, -0.2) is 9.79 Å². The number of rotatable bonds is 3. The molecule has 6 N–H and O–H groups in total. The standard InChI is InChI=1S/C47H63N5O12/c1-23-11-10-12-24(2)44(58)49-36-35-34(50-47(51-35)16-18-52(8)19-17-47)31-32(40(36)56)39(55)28(6)42-33(31)43(57)46(7,64-42)62-22-15-30(60-9)25(3)41(27(5)38(54)26(4)37(23)53)63-45(59)48-29-13-20-61-21-14-29/h10-12,15,22-23,25-27,29-30,37-38,41,50,53-56H,13-14,16-21H2,1-9H3,(H,48,59)/b11-10+,22-15+,24-12-,49-36?/t23-,25+,26+,27+,30-,37-,38+,41+,46-/m0/s1. The number of hydrogen-bond donors (Lipinski definition) is 6. The first-order valence-electron chi connectivity index (χ1n) is 22.2. The first-order valence-corrected chi connectivity index (χ1v) is 22.2. The Kier molecular flexibility index (Phi) is 13.5. The van der Waals surface area contributed by atoms with E-state index in [-0.39, 0.29) is 55.7 Å². The van der Waals surface area contributed by atoms with Gasteiger partial charge in [-0.2, -0.15) is 0 Å². The fraction of sp³-hybridized carbons (Fsp3) is 0.596. The molecule has 2 aromatic carbocycles. The molecule has 8 rings (SSSR count). The summed E-state index contributed by atoms with van der Waals surface area (Å²) >= 11 is 0. The number of phenols is 2. The van der Waals surface area contributed by atoms with Gasteiger partial charge in [0.25, 0.3) is 11.7 Å². The van der Waals surface area contributed by atoms with Crippen LogP contribution >= 0.6 is 0 Å². The number of ether oxygens (including phenoxy) is 5. The summed E-state index contributed by atoms with van der Waals surface area (Å²) in [5, 5.41) is 53.8. The number of alkyl carbamates (subject to hydrolysis) is 1. The quantitative estimate of drug-likeness (QED) is 0.239. The monoisotopic (exact) mass is 889 g/mol. The highest BCUT2D eigenvalue weighted by Gasteiger charge is 2.51. The number of fused-ring (bicyclic) bond motifs is 13. The van der Waals surface area contributed by atoms with E-state index in [0.29, 0.717) is 57.7 Å². The largest absolute Gasteiger partial charge is 0.507 e. The number of aliphatic hydroxyl groups excluding tert-OH is 2. The lowest BCUT2D eigenvalue weighted by atomic mass is 9.78. The van der Waals surface area contributed by atoms with E-state index in [0.717, 1.165) is 0 Å². The Bertz CT molecular complexity index is 2390. The lowest BCUT2D eigenvalue weighted by Gasteiger charge is -2.38. The van der Waals surface area contributed by atoms with E-state index in [1.807, 2.05) is 7.05 Å². The molecule has 1 spiro atoms. The second kappa shape index (κ2) is 18.4. The summed E-state index contributed by atoms with van der Waals surface area (Å²) in [7, 11) is 3.48. The zero-order valence-corrected chi connectivity index (χ0v) is 38.1. The number of amides is 2. The molecule has 6 aliphatic heterocycles. The minimum absolute atomic E-state index is 0.0443. The summed E-state index contributed by atoms with van der Waals surface area (Å²) in [4.78, 5) is 53.7. The SMILES string of the molecule is CO[C@H]1/C=C/O[C@@]2(C)Oc3c(C)c(O)c4c(O)c(c5c(c4c3C2=O)NC2(CCN(C)CC2)N=5)=NC(=O)/C(C)=C\C=C\[C@H](C)[C@H](O)[C@@H](C)[C@@H](O)[C@@H](C)[C@H](OC(=O)NC2CCOCC2)[C@@H]1C. The topological polar surface area (TPSA) is 230 Å². The van der Waals surface area contributed by atoms with Crippen molar-refractivity contribution in [2.45, 2.75) is 116 Å². The number of likely N-dealkylation sites (tertiary alicyclic amines) is 1.